The van der Waals surface area contributed by atoms with E-state index in [1.165, 1.54) is 0 Å². The third-order valence-corrected chi connectivity index (χ3v) is 2.58. The van der Waals surface area contributed by atoms with E-state index in [0.717, 1.165) is 29.0 Å². The monoisotopic (exact) mass is 230 g/mol. The molecule has 1 aromatic carbocycles. The fourth-order valence-electron chi connectivity index (χ4n) is 1.54. The Morgan fingerprint density at radius 2 is 2.06 bits per heavy atom. The number of nitrogens with zero attached hydrogens (tertiary/aromatic N) is 1. The standard InChI is InChI=1S/C13H14N2S/c16-9-5-4-8-12-10-14-15-13(12)11-6-2-1-3-7-11/h1-4,6-8,10,16H,5,9H2,(H,14,15). The molecular weight excluding hydrogens is 216 g/mol. The molecule has 3 heteroatoms. The molecule has 0 amide bonds. The SMILES string of the molecule is SCCC=Cc1cn[nH]c1-c1ccccc1. The van der Waals surface area contributed by atoms with Gasteiger partial charge in [-0.3, -0.25) is 5.10 Å². The smallest absolute Gasteiger partial charge is 0.0722 e. The fraction of sp³-hybridized carbons (Fsp3) is 0.154. The first kappa shape index (κ1) is 11.0. The molecule has 1 N–H and O–H groups in total. The topological polar surface area (TPSA) is 28.7 Å². The number of aromatic amines is 1. The highest BCUT2D eigenvalue weighted by Gasteiger charge is 2.03. The first-order valence-electron chi connectivity index (χ1n) is 5.28. The first-order chi connectivity index (χ1) is 7.92. The summed E-state index contributed by atoms with van der Waals surface area (Å²) in [5.74, 6) is 0.870. The molecule has 2 aromatic rings. The van der Waals surface area contributed by atoms with E-state index in [4.69, 9.17) is 0 Å². The number of thiol groups is 1. The summed E-state index contributed by atoms with van der Waals surface area (Å²) in [6.07, 6.45) is 7.02. The maximum Gasteiger partial charge on any atom is 0.0722 e. The van der Waals surface area contributed by atoms with Gasteiger partial charge in [0.2, 0.25) is 0 Å². The number of hydrogen-bond acceptors (Lipinski definition) is 2. The van der Waals surface area contributed by atoms with Crippen molar-refractivity contribution in [2.24, 2.45) is 0 Å². The Labute approximate surface area is 101 Å². The van der Waals surface area contributed by atoms with E-state index in [2.05, 4.69) is 47.1 Å². The van der Waals surface area contributed by atoms with Gasteiger partial charge < -0.3 is 0 Å². The van der Waals surface area contributed by atoms with Gasteiger partial charge in [-0.05, 0) is 12.2 Å². The Morgan fingerprint density at radius 3 is 2.81 bits per heavy atom. The quantitative estimate of drug-likeness (QED) is 0.774. The van der Waals surface area contributed by atoms with E-state index < -0.39 is 0 Å². The number of aromatic nitrogens is 2. The maximum absolute atomic E-state index is 4.17. The van der Waals surface area contributed by atoms with Crippen LogP contribution in [-0.4, -0.2) is 16.0 Å². The lowest BCUT2D eigenvalue weighted by molar-refractivity contribution is 1.10. The van der Waals surface area contributed by atoms with Crippen LogP contribution >= 0.6 is 12.6 Å². The van der Waals surface area contributed by atoms with Gasteiger partial charge in [0, 0.05) is 11.1 Å². The van der Waals surface area contributed by atoms with Gasteiger partial charge in [-0.2, -0.15) is 17.7 Å². The van der Waals surface area contributed by atoms with Crippen LogP contribution in [0.1, 0.15) is 12.0 Å². The molecule has 1 aromatic heterocycles. The Morgan fingerprint density at radius 1 is 1.25 bits per heavy atom. The van der Waals surface area contributed by atoms with Crippen molar-refractivity contribution in [1.29, 1.82) is 0 Å². The molecule has 0 aliphatic carbocycles. The van der Waals surface area contributed by atoms with Gasteiger partial charge in [-0.1, -0.05) is 42.5 Å². The van der Waals surface area contributed by atoms with Crippen molar-refractivity contribution < 1.29 is 0 Å². The molecule has 0 atom stereocenters. The highest BCUT2D eigenvalue weighted by atomic mass is 32.1. The number of benzene rings is 1. The Hall–Kier alpha value is -1.48. The van der Waals surface area contributed by atoms with Gasteiger partial charge in [-0.15, -0.1) is 0 Å². The van der Waals surface area contributed by atoms with Crippen molar-refractivity contribution in [2.75, 3.05) is 5.75 Å². The van der Waals surface area contributed by atoms with Crippen molar-refractivity contribution in [2.45, 2.75) is 6.42 Å². The van der Waals surface area contributed by atoms with Crippen molar-refractivity contribution in [3.63, 3.8) is 0 Å². The number of H-pyrrole nitrogens is 1. The van der Waals surface area contributed by atoms with Crippen LogP contribution in [0.15, 0.2) is 42.6 Å². The predicted octanol–water partition coefficient (Wildman–Crippen LogP) is 3.41. The first-order valence-corrected chi connectivity index (χ1v) is 5.91. The van der Waals surface area contributed by atoms with Crippen molar-refractivity contribution in [1.82, 2.24) is 10.2 Å². The number of hydrogen-bond donors (Lipinski definition) is 2. The van der Waals surface area contributed by atoms with Gasteiger partial charge in [0.25, 0.3) is 0 Å². The second-order valence-corrected chi connectivity index (χ2v) is 3.93. The lowest BCUT2D eigenvalue weighted by Gasteiger charge is -1.98. The molecule has 0 unspecified atom stereocenters. The van der Waals surface area contributed by atoms with Crippen molar-refractivity contribution in [3.05, 3.63) is 48.2 Å². The molecule has 0 saturated heterocycles. The molecule has 0 aliphatic heterocycles. The summed E-state index contributed by atoms with van der Waals surface area (Å²) in [6, 6.07) is 10.2. The highest BCUT2D eigenvalue weighted by Crippen LogP contribution is 2.21. The molecule has 2 rings (SSSR count). The molecule has 2 nitrogen and oxygen atoms in total. The lowest BCUT2D eigenvalue weighted by Crippen LogP contribution is -1.80. The summed E-state index contributed by atoms with van der Waals surface area (Å²) < 4.78 is 0. The molecule has 0 fully saturated rings. The van der Waals surface area contributed by atoms with Crippen LogP contribution in [-0.2, 0) is 0 Å². The van der Waals surface area contributed by atoms with Crippen LogP contribution in [0.4, 0.5) is 0 Å². The molecule has 82 valence electrons. The minimum atomic E-state index is 0.870. The Kier molecular flexibility index (Phi) is 3.83. The number of nitrogens with one attached hydrogen (secondary N) is 1. The second kappa shape index (κ2) is 5.56. The van der Waals surface area contributed by atoms with Gasteiger partial charge in [0.1, 0.15) is 0 Å². The average Bonchev–Trinajstić information content (AvgIpc) is 2.79. The summed E-state index contributed by atoms with van der Waals surface area (Å²) >= 11 is 4.17. The molecule has 0 spiro atoms. The fourth-order valence-corrected chi connectivity index (χ4v) is 1.69. The van der Waals surface area contributed by atoms with E-state index in [0.29, 0.717) is 0 Å². The Bertz CT molecular complexity index is 460. The van der Waals surface area contributed by atoms with Crippen LogP contribution in [0.2, 0.25) is 0 Å². The third kappa shape index (κ3) is 2.55. The van der Waals surface area contributed by atoms with E-state index in [1.807, 2.05) is 24.4 Å². The van der Waals surface area contributed by atoms with E-state index in [1.54, 1.807) is 0 Å². The molecule has 0 aliphatic rings. The average molecular weight is 230 g/mol. The minimum Gasteiger partial charge on any atom is -0.277 e. The summed E-state index contributed by atoms with van der Waals surface area (Å²) in [4.78, 5) is 0. The highest BCUT2D eigenvalue weighted by molar-refractivity contribution is 7.80. The van der Waals surface area contributed by atoms with Gasteiger partial charge in [0.05, 0.1) is 11.9 Å². The third-order valence-electron chi connectivity index (χ3n) is 2.32. The summed E-state index contributed by atoms with van der Waals surface area (Å²) in [6.45, 7) is 0. The largest absolute Gasteiger partial charge is 0.277 e. The predicted molar refractivity (Wildman–Crippen MR) is 71.5 cm³/mol. The van der Waals surface area contributed by atoms with Gasteiger partial charge in [0.15, 0.2) is 0 Å². The number of rotatable bonds is 4. The Balaban J connectivity index is 2.26. The zero-order chi connectivity index (χ0) is 11.2. The van der Waals surface area contributed by atoms with Crippen molar-refractivity contribution in [3.8, 4) is 11.3 Å². The normalized spacial score (nSPS) is 11.1. The van der Waals surface area contributed by atoms with Crippen LogP contribution < -0.4 is 0 Å². The van der Waals surface area contributed by atoms with Crippen LogP contribution in [0, 0.1) is 0 Å². The van der Waals surface area contributed by atoms with Crippen LogP contribution in [0.5, 0.6) is 0 Å². The van der Waals surface area contributed by atoms with E-state index in [-0.39, 0.29) is 0 Å². The van der Waals surface area contributed by atoms with Gasteiger partial charge >= 0.3 is 0 Å². The molecular formula is C13H14N2S. The minimum absolute atomic E-state index is 0.870. The van der Waals surface area contributed by atoms with E-state index in [9.17, 15) is 0 Å². The molecule has 1 heterocycles. The van der Waals surface area contributed by atoms with Crippen molar-refractivity contribution >= 4 is 18.7 Å². The van der Waals surface area contributed by atoms with E-state index >= 15 is 0 Å². The van der Waals surface area contributed by atoms with Gasteiger partial charge in [-0.25, -0.2) is 0 Å². The second-order valence-electron chi connectivity index (χ2n) is 3.48. The summed E-state index contributed by atoms with van der Waals surface area (Å²) in [5.41, 5.74) is 3.34. The van der Waals surface area contributed by atoms with Crippen LogP contribution in [0.25, 0.3) is 17.3 Å². The molecule has 0 radical (unpaired) electrons. The zero-order valence-electron chi connectivity index (χ0n) is 8.93. The maximum atomic E-state index is 4.17. The lowest BCUT2D eigenvalue weighted by atomic mass is 10.1. The molecule has 0 saturated carbocycles. The molecule has 0 bridgehead atoms. The summed E-state index contributed by atoms with van der Waals surface area (Å²) in [7, 11) is 0. The summed E-state index contributed by atoms with van der Waals surface area (Å²) in [5, 5.41) is 7.11. The zero-order valence-corrected chi connectivity index (χ0v) is 9.82. The number of allylic oxidation sites excluding steroid dienone is 1. The molecule has 16 heavy (non-hydrogen) atoms. The van der Waals surface area contributed by atoms with Crippen LogP contribution in [0.3, 0.4) is 0 Å².